The topological polar surface area (TPSA) is 0 Å². The van der Waals surface area contributed by atoms with Gasteiger partial charge in [-0.3, -0.25) is 0 Å². The third kappa shape index (κ3) is 0.604. The first kappa shape index (κ1) is 4.63. The van der Waals surface area contributed by atoms with Crippen molar-refractivity contribution in [1.29, 1.82) is 0 Å². The van der Waals surface area contributed by atoms with Crippen molar-refractivity contribution in [3.05, 3.63) is 24.3 Å². The molecule has 0 aromatic carbocycles. The Hall–Kier alpha value is -0.520. The molecule has 1 aliphatic rings. The first-order chi connectivity index (χ1) is 3.34. The molecule has 7 heavy (non-hydrogen) atoms. The van der Waals surface area contributed by atoms with E-state index in [1.807, 2.05) is 6.08 Å². The summed E-state index contributed by atoms with van der Waals surface area (Å²) in [5.41, 5.74) is 1.48. The average molecular weight is 94.2 g/mol. The fourth-order valence-corrected chi connectivity index (χ4v) is 0.772. The first-order valence-corrected chi connectivity index (χ1v) is 2.64. The van der Waals surface area contributed by atoms with E-state index in [0.29, 0.717) is 5.92 Å². The van der Waals surface area contributed by atoms with Gasteiger partial charge in [-0.1, -0.05) is 17.7 Å². The fourth-order valence-electron chi connectivity index (χ4n) is 0.772. The summed E-state index contributed by atoms with van der Waals surface area (Å²) in [5.74, 6) is 0.708. The van der Waals surface area contributed by atoms with Gasteiger partial charge < -0.3 is 0 Å². The third-order valence-corrected chi connectivity index (χ3v) is 1.56. The fraction of sp³-hybridized carbons (Fsp3) is 0.429. The molecule has 0 fully saturated rings. The van der Waals surface area contributed by atoms with Crippen LogP contribution >= 0.6 is 0 Å². The van der Waals surface area contributed by atoms with Crippen LogP contribution < -0.4 is 0 Å². The lowest BCUT2D eigenvalue weighted by Crippen LogP contribution is -2.04. The second-order valence-electron chi connectivity index (χ2n) is 2.03. The highest BCUT2D eigenvalue weighted by molar-refractivity contribution is 5.20. The number of hydrogen-bond acceptors (Lipinski definition) is 0. The summed E-state index contributed by atoms with van der Waals surface area (Å²) in [6.45, 7) is 5.84. The molecule has 38 valence electrons. The molecule has 0 heterocycles. The van der Waals surface area contributed by atoms with Gasteiger partial charge in [0.25, 0.3) is 0 Å². The molecule has 1 unspecified atom stereocenters. The van der Waals surface area contributed by atoms with Crippen LogP contribution in [0.25, 0.3) is 0 Å². The van der Waals surface area contributed by atoms with E-state index in [-0.39, 0.29) is 0 Å². The summed E-state index contributed by atoms with van der Waals surface area (Å²) in [4.78, 5) is 0. The van der Waals surface area contributed by atoms with E-state index in [4.69, 9.17) is 0 Å². The van der Waals surface area contributed by atoms with Crippen molar-refractivity contribution in [3.63, 3.8) is 0 Å². The lowest BCUT2D eigenvalue weighted by molar-refractivity contribution is 0.695. The van der Waals surface area contributed by atoms with E-state index in [1.54, 1.807) is 0 Å². The van der Waals surface area contributed by atoms with Crippen LogP contribution in [0.5, 0.6) is 0 Å². The average Bonchev–Trinajstić information content (AvgIpc) is 1.65. The SMILES string of the molecule is C=CC1CC=C1C. The van der Waals surface area contributed by atoms with Gasteiger partial charge in [-0.2, -0.15) is 0 Å². The van der Waals surface area contributed by atoms with Crippen LogP contribution in [-0.4, -0.2) is 0 Å². The van der Waals surface area contributed by atoms with Gasteiger partial charge in [0.2, 0.25) is 0 Å². The molecule has 0 spiro atoms. The van der Waals surface area contributed by atoms with Gasteiger partial charge in [0, 0.05) is 5.92 Å². The lowest BCUT2D eigenvalue weighted by atomic mass is 9.86. The number of rotatable bonds is 1. The smallest absolute Gasteiger partial charge is 0.000589 e. The monoisotopic (exact) mass is 94.1 g/mol. The van der Waals surface area contributed by atoms with Crippen LogP contribution in [0.2, 0.25) is 0 Å². The molecule has 1 atom stereocenters. The standard InChI is InChI=1S/C7H10/c1-3-7-5-4-6(7)2/h3-4,7H,1,5H2,2H3. The van der Waals surface area contributed by atoms with Crippen LogP contribution in [-0.2, 0) is 0 Å². The molecule has 1 rings (SSSR count). The van der Waals surface area contributed by atoms with Crippen LogP contribution in [0, 0.1) is 5.92 Å². The summed E-state index contributed by atoms with van der Waals surface area (Å²) in [6, 6.07) is 0. The molecule has 0 aromatic rings. The van der Waals surface area contributed by atoms with Gasteiger partial charge >= 0.3 is 0 Å². The van der Waals surface area contributed by atoms with Crippen molar-refractivity contribution in [2.24, 2.45) is 5.92 Å². The van der Waals surface area contributed by atoms with Crippen molar-refractivity contribution in [2.75, 3.05) is 0 Å². The Balaban J connectivity index is 2.51. The van der Waals surface area contributed by atoms with Crippen LogP contribution in [0.3, 0.4) is 0 Å². The zero-order chi connectivity index (χ0) is 5.28. The zero-order valence-electron chi connectivity index (χ0n) is 4.65. The highest BCUT2D eigenvalue weighted by Gasteiger charge is 2.11. The Kier molecular flexibility index (Phi) is 1.01. The summed E-state index contributed by atoms with van der Waals surface area (Å²) < 4.78 is 0. The summed E-state index contributed by atoms with van der Waals surface area (Å²) in [7, 11) is 0. The molecule has 0 bridgehead atoms. The second kappa shape index (κ2) is 1.53. The largest absolute Gasteiger partial charge is 0.102 e. The highest BCUT2D eigenvalue weighted by Crippen LogP contribution is 2.26. The van der Waals surface area contributed by atoms with Gasteiger partial charge in [0.05, 0.1) is 0 Å². The van der Waals surface area contributed by atoms with Crippen molar-refractivity contribution >= 4 is 0 Å². The van der Waals surface area contributed by atoms with E-state index in [9.17, 15) is 0 Å². The molecule has 0 radical (unpaired) electrons. The Morgan fingerprint density at radius 3 is 2.71 bits per heavy atom. The molecule has 0 N–H and O–H groups in total. The second-order valence-corrected chi connectivity index (χ2v) is 2.03. The minimum Gasteiger partial charge on any atom is -0.102 e. The van der Waals surface area contributed by atoms with Crippen molar-refractivity contribution < 1.29 is 0 Å². The van der Waals surface area contributed by atoms with Crippen LogP contribution in [0.4, 0.5) is 0 Å². The van der Waals surface area contributed by atoms with Gasteiger partial charge in [0.15, 0.2) is 0 Å². The third-order valence-electron chi connectivity index (χ3n) is 1.56. The van der Waals surface area contributed by atoms with Crippen LogP contribution in [0.1, 0.15) is 13.3 Å². The maximum atomic E-state index is 3.69. The van der Waals surface area contributed by atoms with Gasteiger partial charge in [0.1, 0.15) is 0 Å². The Morgan fingerprint density at radius 1 is 2.00 bits per heavy atom. The lowest BCUT2D eigenvalue weighted by Gasteiger charge is -2.19. The minimum atomic E-state index is 0.708. The summed E-state index contributed by atoms with van der Waals surface area (Å²) >= 11 is 0. The molecule has 0 aliphatic heterocycles. The number of allylic oxidation sites excluding steroid dienone is 3. The predicted molar refractivity (Wildman–Crippen MR) is 32.1 cm³/mol. The molecule has 0 nitrogen and oxygen atoms in total. The molecule has 1 aliphatic carbocycles. The van der Waals surface area contributed by atoms with E-state index in [0.717, 1.165) is 0 Å². The maximum absolute atomic E-state index is 3.69. The zero-order valence-corrected chi connectivity index (χ0v) is 4.65. The Labute approximate surface area is 44.5 Å². The minimum absolute atomic E-state index is 0.708. The van der Waals surface area contributed by atoms with E-state index >= 15 is 0 Å². The Bertz CT molecular complexity index is 109. The van der Waals surface area contributed by atoms with Crippen LogP contribution in [0.15, 0.2) is 24.3 Å². The predicted octanol–water partition coefficient (Wildman–Crippen LogP) is 2.14. The normalized spacial score (nSPS) is 28.1. The molecule has 0 saturated carbocycles. The molecular weight excluding hydrogens is 84.1 g/mol. The Morgan fingerprint density at radius 2 is 2.71 bits per heavy atom. The van der Waals surface area contributed by atoms with Crippen molar-refractivity contribution in [3.8, 4) is 0 Å². The van der Waals surface area contributed by atoms with Crippen molar-refractivity contribution in [2.45, 2.75) is 13.3 Å². The van der Waals surface area contributed by atoms with E-state index < -0.39 is 0 Å². The summed E-state index contributed by atoms with van der Waals surface area (Å²) in [6.07, 6.45) is 5.47. The maximum Gasteiger partial charge on any atom is 0.000589 e. The van der Waals surface area contributed by atoms with Gasteiger partial charge in [-0.25, -0.2) is 0 Å². The molecule has 0 amide bonds. The first-order valence-electron chi connectivity index (χ1n) is 2.64. The van der Waals surface area contributed by atoms with Crippen molar-refractivity contribution in [1.82, 2.24) is 0 Å². The number of hydrogen-bond donors (Lipinski definition) is 0. The quantitative estimate of drug-likeness (QED) is 0.437. The van der Waals surface area contributed by atoms with E-state index in [2.05, 4.69) is 19.6 Å². The van der Waals surface area contributed by atoms with E-state index in [1.165, 1.54) is 12.0 Å². The van der Waals surface area contributed by atoms with Gasteiger partial charge in [-0.05, 0) is 13.3 Å². The molecular formula is C7H10. The van der Waals surface area contributed by atoms with Gasteiger partial charge in [-0.15, -0.1) is 6.58 Å². The molecule has 0 saturated heterocycles. The summed E-state index contributed by atoms with van der Waals surface area (Å²) in [5, 5.41) is 0. The highest BCUT2D eigenvalue weighted by atomic mass is 14.2. The molecule has 0 heteroatoms. The molecule has 0 aromatic heterocycles.